The van der Waals surface area contributed by atoms with Gasteiger partial charge in [0, 0.05) is 0 Å². The van der Waals surface area contributed by atoms with Gasteiger partial charge in [-0.2, -0.15) is 18.4 Å². The molecule has 0 amide bonds. The number of halogens is 4. The van der Waals surface area contributed by atoms with Gasteiger partial charge < -0.3 is 4.74 Å². The van der Waals surface area contributed by atoms with E-state index < -0.39 is 17.3 Å². The summed E-state index contributed by atoms with van der Waals surface area (Å²) < 4.78 is 42.4. The predicted molar refractivity (Wildman–Crippen MR) is 50.4 cm³/mol. The quantitative estimate of drug-likeness (QED) is 0.790. The third kappa shape index (κ3) is 2.23. The standard InChI is InChI=1S/C9H5BrF3NO/c1-15-8-5(4-14)6(9(11,12)13)2-3-7(8)10/h2-3H,1H3. The Labute approximate surface area is 92.4 Å². The van der Waals surface area contributed by atoms with Crippen LogP contribution in [-0.2, 0) is 6.18 Å². The number of methoxy groups -OCH3 is 1. The molecule has 0 N–H and O–H groups in total. The number of benzene rings is 1. The molecule has 0 saturated heterocycles. The maximum absolute atomic E-state index is 12.5. The fourth-order valence-corrected chi connectivity index (χ4v) is 1.60. The fraction of sp³-hybridized carbons (Fsp3) is 0.222. The van der Waals surface area contributed by atoms with E-state index in [1.807, 2.05) is 0 Å². The molecule has 0 unspecified atom stereocenters. The number of hydrogen-bond acceptors (Lipinski definition) is 2. The second-order valence-corrected chi connectivity index (χ2v) is 3.47. The zero-order chi connectivity index (χ0) is 11.6. The Balaban J connectivity index is 3.51. The van der Waals surface area contributed by atoms with Gasteiger partial charge in [0.05, 0.1) is 17.1 Å². The first kappa shape index (κ1) is 11.9. The fourth-order valence-electron chi connectivity index (χ4n) is 1.10. The number of nitrogens with zero attached hydrogens (tertiary/aromatic N) is 1. The maximum Gasteiger partial charge on any atom is 0.417 e. The van der Waals surface area contributed by atoms with E-state index in [1.165, 1.54) is 19.2 Å². The average Bonchev–Trinajstić information content (AvgIpc) is 2.15. The smallest absolute Gasteiger partial charge is 0.417 e. The molecule has 0 aromatic heterocycles. The molecule has 2 nitrogen and oxygen atoms in total. The summed E-state index contributed by atoms with van der Waals surface area (Å²) in [6, 6.07) is 3.52. The summed E-state index contributed by atoms with van der Waals surface area (Å²) in [6.07, 6.45) is -4.56. The van der Waals surface area contributed by atoms with Gasteiger partial charge in [-0.1, -0.05) is 0 Å². The highest BCUT2D eigenvalue weighted by Crippen LogP contribution is 2.39. The van der Waals surface area contributed by atoms with Gasteiger partial charge in [-0.15, -0.1) is 0 Å². The van der Waals surface area contributed by atoms with Crippen molar-refractivity contribution in [1.29, 1.82) is 5.26 Å². The minimum absolute atomic E-state index is 0.104. The molecule has 6 heteroatoms. The summed E-state index contributed by atoms with van der Waals surface area (Å²) in [5, 5.41) is 8.67. The Morgan fingerprint density at radius 3 is 2.40 bits per heavy atom. The molecular weight excluding hydrogens is 275 g/mol. The van der Waals surface area contributed by atoms with Crippen molar-refractivity contribution in [2.45, 2.75) is 6.18 Å². The van der Waals surface area contributed by atoms with Gasteiger partial charge >= 0.3 is 6.18 Å². The molecule has 0 heterocycles. The van der Waals surface area contributed by atoms with Crippen molar-refractivity contribution in [3.8, 4) is 11.8 Å². The molecule has 0 aliphatic heterocycles. The highest BCUT2D eigenvalue weighted by atomic mass is 79.9. The molecule has 1 aromatic rings. The molecular formula is C9H5BrF3NO. The summed E-state index contributed by atoms with van der Waals surface area (Å²) in [6.45, 7) is 0. The van der Waals surface area contributed by atoms with Crippen molar-refractivity contribution in [2.24, 2.45) is 0 Å². The van der Waals surface area contributed by atoms with E-state index in [0.717, 1.165) is 6.07 Å². The second-order valence-electron chi connectivity index (χ2n) is 2.61. The van der Waals surface area contributed by atoms with Crippen LogP contribution in [0, 0.1) is 11.3 Å². The van der Waals surface area contributed by atoms with Crippen molar-refractivity contribution in [1.82, 2.24) is 0 Å². The van der Waals surface area contributed by atoms with E-state index in [-0.39, 0.29) is 5.75 Å². The van der Waals surface area contributed by atoms with E-state index >= 15 is 0 Å². The van der Waals surface area contributed by atoms with Crippen LogP contribution in [0.1, 0.15) is 11.1 Å². The largest absolute Gasteiger partial charge is 0.494 e. The first-order valence-electron chi connectivity index (χ1n) is 3.75. The molecule has 1 rings (SSSR count). The minimum Gasteiger partial charge on any atom is -0.494 e. The summed E-state index contributed by atoms with van der Waals surface area (Å²) in [5.74, 6) is -0.104. The first-order chi connectivity index (χ1) is 6.91. The molecule has 80 valence electrons. The van der Waals surface area contributed by atoms with Crippen LogP contribution in [0.2, 0.25) is 0 Å². The predicted octanol–water partition coefficient (Wildman–Crippen LogP) is 3.35. The maximum atomic E-state index is 12.5. The summed E-state index contributed by atoms with van der Waals surface area (Å²) in [7, 11) is 1.21. The molecule has 0 radical (unpaired) electrons. The zero-order valence-electron chi connectivity index (χ0n) is 7.52. The Kier molecular flexibility index (Phi) is 3.25. The number of hydrogen-bond donors (Lipinski definition) is 0. The van der Waals surface area contributed by atoms with Gasteiger partial charge in [0.1, 0.15) is 11.6 Å². The molecule has 15 heavy (non-hydrogen) atoms. The average molecular weight is 280 g/mol. The van der Waals surface area contributed by atoms with E-state index in [4.69, 9.17) is 10.00 Å². The topological polar surface area (TPSA) is 33.0 Å². The minimum atomic E-state index is -4.56. The Hall–Kier alpha value is -1.22. The van der Waals surface area contributed by atoms with Gasteiger partial charge in [-0.05, 0) is 28.1 Å². The van der Waals surface area contributed by atoms with Crippen LogP contribution >= 0.6 is 15.9 Å². The van der Waals surface area contributed by atoms with E-state index in [0.29, 0.717) is 4.47 Å². The third-order valence-corrected chi connectivity index (χ3v) is 2.36. The molecule has 0 saturated carbocycles. The van der Waals surface area contributed by atoms with Crippen LogP contribution in [0.3, 0.4) is 0 Å². The van der Waals surface area contributed by atoms with Gasteiger partial charge in [0.25, 0.3) is 0 Å². The molecule has 0 aliphatic rings. The van der Waals surface area contributed by atoms with Crippen LogP contribution in [0.4, 0.5) is 13.2 Å². The summed E-state index contributed by atoms with van der Waals surface area (Å²) in [5.41, 5.74) is -1.51. The number of rotatable bonds is 1. The second kappa shape index (κ2) is 4.11. The van der Waals surface area contributed by atoms with Crippen molar-refractivity contribution in [2.75, 3.05) is 7.11 Å². The summed E-state index contributed by atoms with van der Waals surface area (Å²) in [4.78, 5) is 0. The molecule has 0 spiro atoms. The van der Waals surface area contributed by atoms with Gasteiger partial charge in [0.15, 0.2) is 5.75 Å². The lowest BCUT2D eigenvalue weighted by Gasteiger charge is -2.12. The Bertz CT molecular complexity index is 423. The number of nitriles is 1. The highest BCUT2D eigenvalue weighted by molar-refractivity contribution is 9.10. The van der Waals surface area contributed by atoms with E-state index in [9.17, 15) is 13.2 Å². The van der Waals surface area contributed by atoms with Crippen LogP contribution in [0.5, 0.6) is 5.75 Å². The molecule has 0 bridgehead atoms. The van der Waals surface area contributed by atoms with Crippen LogP contribution in [-0.4, -0.2) is 7.11 Å². The van der Waals surface area contributed by atoms with Gasteiger partial charge in [0.2, 0.25) is 0 Å². The Morgan fingerprint density at radius 2 is 2.00 bits per heavy atom. The van der Waals surface area contributed by atoms with Gasteiger partial charge in [-0.25, -0.2) is 0 Å². The molecule has 0 atom stereocenters. The lowest BCUT2D eigenvalue weighted by Crippen LogP contribution is -2.09. The molecule has 0 aliphatic carbocycles. The SMILES string of the molecule is COc1c(Br)ccc(C(F)(F)F)c1C#N. The van der Waals surface area contributed by atoms with Crippen molar-refractivity contribution >= 4 is 15.9 Å². The first-order valence-corrected chi connectivity index (χ1v) is 4.55. The molecule has 1 aromatic carbocycles. The normalized spacial score (nSPS) is 10.9. The lowest BCUT2D eigenvalue weighted by atomic mass is 10.1. The Morgan fingerprint density at radius 1 is 1.40 bits per heavy atom. The lowest BCUT2D eigenvalue weighted by molar-refractivity contribution is -0.137. The molecule has 0 fully saturated rings. The van der Waals surface area contributed by atoms with Crippen LogP contribution < -0.4 is 4.74 Å². The van der Waals surface area contributed by atoms with Gasteiger partial charge in [-0.3, -0.25) is 0 Å². The van der Waals surface area contributed by atoms with E-state index in [2.05, 4.69) is 15.9 Å². The number of ether oxygens (including phenoxy) is 1. The highest BCUT2D eigenvalue weighted by Gasteiger charge is 2.35. The third-order valence-electron chi connectivity index (χ3n) is 1.73. The van der Waals surface area contributed by atoms with Crippen LogP contribution in [0.15, 0.2) is 16.6 Å². The van der Waals surface area contributed by atoms with Crippen LogP contribution in [0.25, 0.3) is 0 Å². The summed E-state index contributed by atoms with van der Waals surface area (Å²) >= 11 is 3.01. The van der Waals surface area contributed by atoms with E-state index in [1.54, 1.807) is 0 Å². The zero-order valence-corrected chi connectivity index (χ0v) is 9.11. The number of alkyl halides is 3. The monoisotopic (exact) mass is 279 g/mol. The van der Waals surface area contributed by atoms with Crippen molar-refractivity contribution < 1.29 is 17.9 Å². The van der Waals surface area contributed by atoms with Crippen molar-refractivity contribution in [3.63, 3.8) is 0 Å². The van der Waals surface area contributed by atoms with Crippen molar-refractivity contribution in [3.05, 3.63) is 27.7 Å².